The second-order valence-corrected chi connectivity index (χ2v) is 6.87. The fourth-order valence-corrected chi connectivity index (χ4v) is 3.40. The molecule has 0 radical (unpaired) electrons. The van der Waals surface area contributed by atoms with Crippen LogP contribution in [0, 0.1) is 0 Å². The molecule has 0 unspecified atom stereocenters. The zero-order chi connectivity index (χ0) is 19.2. The van der Waals surface area contributed by atoms with Crippen LogP contribution < -0.4 is 14.4 Å². The Hall–Kier alpha value is -2.40. The van der Waals surface area contributed by atoms with Crippen LogP contribution in [0.15, 0.2) is 48.5 Å². The normalized spacial score (nSPS) is 15.4. The molecule has 6 heteroatoms. The number of hydrogen-bond donors (Lipinski definition) is 0. The number of carbonyl (C=O) groups excluding carboxylic acids is 1. The fourth-order valence-electron chi connectivity index (χ4n) is 3.22. The van der Waals surface area contributed by atoms with Gasteiger partial charge in [0, 0.05) is 31.2 Å². The summed E-state index contributed by atoms with van der Waals surface area (Å²) in [6.07, 6.45) is -0.550. The van der Waals surface area contributed by atoms with Crippen LogP contribution >= 0.6 is 11.6 Å². The summed E-state index contributed by atoms with van der Waals surface area (Å²) >= 11 is 5.97. The molecule has 1 atom stereocenters. The molecule has 1 heterocycles. The van der Waals surface area contributed by atoms with Crippen molar-refractivity contribution >= 4 is 23.2 Å². The smallest absolute Gasteiger partial charge is 0.263 e. The lowest BCUT2D eigenvalue weighted by molar-refractivity contribution is -0.138. The Bertz CT molecular complexity index is 776. The van der Waals surface area contributed by atoms with Gasteiger partial charge in [-0.2, -0.15) is 0 Å². The third-order valence-corrected chi connectivity index (χ3v) is 4.79. The van der Waals surface area contributed by atoms with Gasteiger partial charge in [0.25, 0.3) is 5.91 Å². The van der Waals surface area contributed by atoms with Gasteiger partial charge < -0.3 is 19.3 Å². The summed E-state index contributed by atoms with van der Waals surface area (Å²) in [6, 6.07) is 15.1. The molecule has 0 aromatic heterocycles. The van der Waals surface area contributed by atoms with Gasteiger partial charge in [-0.15, -0.1) is 0 Å². The van der Waals surface area contributed by atoms with Crippen molar-refractivity contribution in [2.75, 3.05) is 37.7 Å². The number of rotatable bonds is 6. The molecule has 144 valence electrons. The molecule has 3 rings (SSSR count). The zero-order valence-electron chi connectivity index (χ0n) is 15.7. The molecule has 1 amide bonds. The van der Waals surface area contributed by atoms with E-state index < -0.39 is 6.10 Å². The summed E-state index contributed by atoms with van der Waals surface area (Å²) in [5, 5.41) is 0.591. The van der Waals surface area contributed by atoms with Gasteiger partial charge in [0.2, 0.25) is 0 Å². The first kappa shape index (κ1) is 19.4. The quantitative estimate of drug-likeness (QED) is 0.753. The Morgan fingerprint density at radius 1 is 1.11 bits per heavy atom. The average molecular weight is 389 g/mol. The number of anilines is 1. The van der Waals surface area contributed by atoms with E-state index in [9.17, 15) is 4.79 Å². The molecule has 1 fully saturated rings. The molecule has 1 aliphatic rings. The predicted molar refractivity (Wildman–Crippen MR) is 108 cm³/mol. The summed E-state index contributed by atoms with van der Waals surface area (Å²) in [7, 11) is 0. The van der Waals surface area contributed by atoms with Crippen LogP contribution in [-0.2, 0) is 4.79 Å². The number of piperazine rings is 1. The number of benzene rings is 2. The Morgan fingerprint density at radius 2 is 1.85 bits per heavy atom. The molecule has 0 spiro atoms. The predicted octanol–water partition coefficient (Wildman–Crippen LogP) is 3.85. The van der Waals surface area contributed by atoms with Crippen LogP contribution in [0.5, 0.6) is 11.5 Å². The van der Waals surface area contributed by atoms with E-state index in [1.165, 1.54) is 0 Å². The van der Waals surface area contributed by atoms with Gasteiger partial charge in [-0.1, -0.05) is 29.8 Å². The van der Waals surface area contributed by atoms with Crippen molar-refractivity contribution in [3.05, 3.63) is 53.6 Å². The topological polar surface area (TPSA) is 42.0 Å². The molecular weight excluding hydrogens is 364 g/mol. The van der Waals surface area contributed by atoms with Crippen LogP contribution in [0.2, 0.25) is 5.02 Å². The van der Waals surface area contributed by atoms with Crippen molar-refractivity contribution in [2.45, 2.75) is 20.0 Å². The van der Waals surface area contributed by atoms with Gasteiger partial charge in [-0.3, -0.25) is 4.79 Å². The van der Waals surface area contributed by atoms with Crippen molar-refractivity contribution in [1.29, 1.82) is 0 Å². The lowest BCUT2D eigenvalue weighted by atomic mass is 10.2. The van der Waals surface area contributed by atoms with E-state index in [1.807, 2.05) is 36.1 Å². The third-order valence-electron chi connectivity index (χ3n) is 4.55. The lowest BCUT2D eigenvalue weighted by Crippen LogP contribution is -2.52. The van der Waals surface area contributed by atoms with E-state index >= 15 is 0 Å². The van der Waals surface area contributed by atoms with E-state index in [-0.39, 0.29) is 5.91 Å². The van der Waals surface area contributed by atoms with Crippen LogP contribution in [-0.4, -0.2) is 49.7 Å². The first-order valence-electron chi connectivity index (χ1n) is 9.26. The molecule has 0 saturated carbocycles. The second kappa shape index (κ2) is 9.00. The molecule has 1 aliphatic heterocycles. The molecular formula is C21H25ClN2O3. The molecule has 2 aromatic rings. The zero-order valence-corrected chi connectivity index (χ0v) is 16.5. The van der Waals surface area contributed by atoms with Gasteiger partial charge in [0.15, 0.2) is 6.10 Å². The van der Waals surface area contributed by atoms with E-state index in [4.69, 9.17) is 21.1 Å². The summed E-state index contributed by atoms with van der Waals surface area (Å²) in [6.45, 7) is 7.23. The Kier molecular flexibility index (Phi) is 6.45. The second-order valence-electron chi connectivity index (χ2n) is 6.43. The number of hydrogen-bond acceptors (Lipinski definition) is 4. The van der Waals surface area contributed by atoms with Crippen LogP contribution in [0.4, 0.5) is 5.69 Å². The molecule has 27 heavy (non-hydrogen) atoms. The Morgan fingerprint density at radius 3 is 2.56 bits per heavy atom. The molecule has 1 saturated heterocycles. The van der Waals surface area contributed by atoms with E-state index in [0.29, 0.717) is 30.5 Å². The highest BCUT2D eigenvalue weighted by Crippen LogP contribution is 2.29. The van der Waals surface area contributed by atoms with Gasteiger partial charge >= 0.3 is 0 Å². The number of amides is 1. The number of carbonyl (C=O) groups is 1. The van der Waals surface area contributed by atoms with Gasteiger partial charge in [0.1, 0.15) is 11.5 Å². The number of nitrogens with zero attached hydrogens (tertiary/aromatic N) is 2. The van der Waals surface area contributed by atoms with E-state index in [0.717, 1.165) is 24.5 Å². The van der Waals surface area contributed by atoms with Gasteiger partial charge in [-0.05, 0) is 44.2 Å². The van der Waals surface area contributed by atoms with E-state index in [1.54, 1.807) is 25.1 Å². The Labute approximate surface area is 165 Å². The molecule has 2 aromatic carbocycles. The minimum absolute atomic E-state index is 0.00674. The summed E-state index contributed by atoms with van der Waals surface area (Å²) < 4.78 is 11.5. The van der Waals surface area contributed by atoms with Crippen molar-refractivity contribution in [1.82, 2.24) is 4.90 Å². The van der Waals surface area contributed by atoms with Crippen molar-refractivity contribution < 1.29 is 14.3 Å². The lowest BCUT2D eigenvalue weighted by Gasteiger charge is -2.37. The summed E-state index contributed by atoms with van der Waals surface area (Å²) in [4.78, 5) is 16.8. The maximum Gasteiger partial charge on any atom is 0.263 e. The number of para-hydroxylation sites is 2. The first-order chi connectivity index (χ1) is 13.1. The molecule has 0 N–H and O–H groups in total. The summed E-state index contributed by atoms with van der Waals surface area (Å²) in [5.41, 5.74) is 1.08. The van der Waals surface area contributed by atoms with Crippen LogP contribution in [0.25, 0.3) is 0 Å². The number of ether oxygens (including phenoxy) is 2. The minimum Gasteiger partial charge on any atom is -0.492 e. The standard InChI is InChI=1S/C21H25ClN2O3/c1-3-26-20-10-5-4-9-19(20)23-11-13-24(14-12-23)21(25)16(2)27-18-8-6-7-17(22)15-18/h4-10,15-16H,3,11-14H2,1-2H3/t16-/m0/s1. The first-order valence-corrected chi connectivity index (χ1v) is 9.64. The largest absolute Gasteiger partial charge is 0.492 e. The highest BCUT2D eigenvalue weighted by Gasteiger charge is 2.27. The summed E-state index contributed by atoms with van der Waals surface area (Å²) in [5.74, 6) is 1.48. The molecule has 5 nitrogen and oxygen atoms in total. The van der Waals surface area contributed by atoms with Crippen molar-refractivity contribution in [3.8, 4) is 11.5 Å². The van der Waals surface area contributed by atoms with Crippen LogP contribution in [0.1, 0.15) is 13.8 Å². The van der Waals surface area contributed by atoms with Gasteiger partial charge in [-0.25, -0.2) is 0 Å². The average Bonchev–Trinajstić information content (AvgIpc) is 2.68. The monoisotopic (exact) mass is 388 g/mol. The van der Waals surface area contributed by atoms with Crippen LogP contribution in [0.3, 0.4) is 0 Å². The van der Waals surface area contributed by atoms with Crippen molar-refractivity contribution in [3.63, 3.8) is 0 Å². The third kappa shape index (κ3) is 4.86. The molecule has 0 aliphatic carbocycles. The molecule has 0 bridgehead atoms. The van der Waals surface area contributed by atoms with Crippen molar-refractivity contribution in [2.24, 2.45) is 0 Å². The van der Waals surface area contributed by atoms with E-state index in [2.05, 4.69) is 11.0 Å². The Balaban J connectivity index is 1.58. The number of halogens is 1. The minimum atomic E-state index is -0.550. The highest BCUT2D eigenvalue weighted by molar-refractivity contribution is 6.30. The SMILES string of the molecule is CCOc1ccccc1N1CCN(C(=O)[C@H](C)Oc2cccc(Cl)c2)CC1. The van der Waals surface area contributed by atoms with Gasteiger partial charge in [0.05, 0.1) is 12.3 Å². The maximum atomic E-state index is 12.7. The maximum absolute atomic E-state index is 12.7. The highest BCUT2D eigenvalue weighted by atomic mass is 35.5. The fraction of sp³-hybridized carbons (Fsp3) is 0.381.